The summed E-state index contributed by atoms with van der Waals surface area (Å²) in [5, 5.41) is 36.9. The van der Waals surface area contributed by atoms with Crippen LogP contribution in [0.15, 0.2) is 72.8 Å². The van der Waals surface area contributed by atoms with E-state index >= 15 is 0 Å². The summed E-state index contributed by atoms with van der Waals surface area (Å²) >= 11 is 0. The first-order valence-electron chi connectivity index (χ1n) is 17.5. The van der Waals surface area contributed by atoms with Gasteiger partial charge in [-0.1, -0.05) is 55.5 Å². The van der Waals surface area contributed by atoms with E-state index in [1.807, 2.05) is 60.5 Å². The Morgan fingerprint density at radius 3 is 2.29 bits per heavy atom. The zero-order valence-electron chi connectivity index (χ0n) is 27.9. The summed E-state index contributed by atoms with van der Waals surface area (Å²) < 4.78 is 13.3. The largest absolute Gasteiger partial charge is 0.508 e. The molecule has 4 saturated carbocycles. The second kappa shape index (κ2) is 13.8. The number of ether oxygens (including phenoxy) is 2. The predicted octanol–water partition coefficient (Wildman–Crippen LogP) is 6.43. The molecule has 2 amide bonds. The molecule has 8 rings (SSSR count). The third-order valence-corrected chi connectivity index (χ3v) is 11.2. The summed E-state index contributed by atoms with van der Waals surface area (Å²) in [5.41, 5.74) is 3.89. The van der Waals surface area contributed by atoms with Gasteiger partial charge in [-0.2, -0.15) is 0 Å². The van der Waals surface area contributed by atoms with Crippen molar-refractivity contribution >= 4 is 11.7 Å². The average molecular weight is 656 g/mol. The van der Waals surface area contributed by atoms with Crippen LogP contribution in [0.4, 0.5) is 10.5 Å². The Bertz CT molecular complexity index is 1540. The molecule has 5 atom stereocenters. The van der Waals surface area contributed by atoms with Gasteiger partial charge >= 0.3 is 6.03 Å². The topological polar surface area (TPSA) is 124 Å². The van der Waals surface area contributed by atoms with E-state index in [1.165, 1.54) is 19.3 Å². The third-order valence-electron chi connectivity index (χ3n) is 11.2. The second-order valence-corrected chi connectivity index (χ2v) is 15.1. The predicted molar refractivity (Wildman–Crippen MR) is 183 cm³/mol. The van der Waals surface area contributed by atoms with Gasteiger partial charge in [-0.15, -0.1) is 0 Å². The molecule has 9 heteroatoms. The van der Waals surface area contributed by atoms with Crippen LogP contribution in [0.3, 0.4) is 0 Å². The fourth-order valence-corrected chi connectivity index (χ4v) is 9.27. The molecule has 5 fully saturated rings. The van der Waals surface area contributed by atoms with Gasteiger partial charge in [-0.25, -0.2) is 4.79 Å². The molecule has 4 aliphatic carbocycles. The number of nitrogens with one attached hydrogen (secondary N) is 2. The SMILES string of the molecule is C[C@H]1[C@@H](CN(C)C[C@@H](O)c2cccc(O)c2)O[C@@H](c2cccc(NC(=O)NC34CC5CC(CC(C5)C3)C4)c2)O[C@H]1c1ccc(CO)cc1. The Morgan fingerprint density at radius 2 is 1.62 bits per heavy atom. The standard InChI is InChI=1S/C39H49N3O6/c1-24-35(22-42(2)21-34(45)30-5-4-8-33(44)17-30)47-37(48-36(24)29-11-9-25(23-43)10-12-29)31-6-3-7-32(16-31)40-38(46)41-39-18-26-13-27(19-39)15-28(14-26)20-39/h3-12,16-17,24,26-28,34-37,43-45H,13-15,18-23H2,1-2H3,(H2,40,41,46)/t24-,26?,27?,28?,34+,35+,36+,37+,39?/m0/s1. The molecule has 256 valence electrons. The van der Waals surface area contributed by atoms with Gasteiger partial charge < -0.3 is 40.3 Å². The fraction of sp³-hybridized carbons (Fsp3) is 0.513. The van der Waals surface area contributed by atoms with Crippen LogP contribution in [0.5, 0.6) is 5.75 Å². The van der Waals surface area contributed by atoms with Crippen LogP contribution in [-0.2, 0) is 16.1 Å². The van der Waals surface area contributed by atoms with Crippen LogP contribution >= 0.6 is 0 Å². The van der Waals surface area contributed by atoms with Gasteiger partial charge in [0.25, 0.3) is 0 Å². The van der Waals surface area contributed by atoms with E-state index in [2.05, 4.69) is 17.6 Å². The van der Waals surface area contributed by atoms with E-state index in [0.29, 0.717) is 24.3 Å². The lowest BCUT2D eigenvalue weighted by molar-refractivity contribution is -0.276. The molecule has 5 N–H and O–H groups in total. The number of hydrogen-bond acceptors (Lipinski definition) is 7. The minimum Gasteiger partial charge on any atom is -0.508 e. The van der Waals surface area contributed by atoms with Gasteiger partial charge in [0.05, 0.1) is 24.9 Å². The van der Waals surface area contributed by atoms with Crippen molar-refractivity contribution in [1.29, 1.82) is 0 Å². The number of phenolic OH excluding ortho intramolecular Hbond substituents is 1. The Morgan fingerprint density at radius 1 is 0.938 bits per heavy atom. The number of aliphatic hydroxyl groups excluding tert-OH is 2. The summed E-state index contributed by atoms with van der Waals surface area (Å²) in [7, 11) is 1.95. The molecule has 4 bridgehead atoms. The lowest BCUT2D eigenvalue weighted by atomic mass is 9.53. The maximum Gasteiger partial charge on any atom is 0.319 e. The number of amides is 2. The van der Waals surface area contributed by atoms with Crippen molar-refractivity contribution in [3.8, 4) is 5.75 Å². The second-order valence-electron chi connectivity index (χ2n) is 15.1. The number of rotatable bonds is 10. The molecule has 0 spiro atoms. The van der Waals surface area contributed by atoms with E-state index in [4.69, 9.17) is 9.47 Å². The monoisotopic (exact) mass is 655 g/mol. The quantitative estimate of drug-likeness (QED) is 0.171. The number of carbonyl (C=O) groups excluding carboxylic acids is 1. The summed E-state index contributed by atoms with van der Waals surface area (Å²) in [5.74, 6) is 2.33. The molecule has 3 aromatic rings. The van der Waals surface area contributed by atoms with Gasteiger partial charge in [-0.05, 0) is 104 Å². The van der Waals surface area contributed by atoms with E-state index < -0.39 is 12.4 Å². The number of aliphatic hydroxyl groups is 2. The highest BCUT2D eigenvalue weighted by Crippen LogP contribution is 2.55. The van der Waals surface area contributed by atoms with Crippen molar-refractivity contribution in [3.63, 3.8) is 0 Å². The minimum atomic E-state index is -0.776. The van der Waals surface area contributed by atoms with Crippen molar-refractivity contribution in [2.75, 3.05) is 25.5 Å². The molecule has 48 heavy (non-hydrogen) atoms. The van der Waals surface area contributed by atoms with Crippen molar-refractivity contribution in [2.24, 2.45) is 23.7 Å². The highest BCUT2D eigenvalue weighted by molar-refractivity contribution is 5.90. The minimum absolute atomic E-state index is 0.0295. The Hall–Kier alpha value is -3.47. The molecule has 1 saturated heterocycles. The summed E-state index contributed by atoms with van der Waals surface area (Å²) in [4.78, 5) is 15.4. The van der Waals surface area contributed by atoms with Crippen LogP contribution in [0, 0.1) is 23.7 Å². The van der Waals surface area contributed by atoms with Crippen LogP contribution < -0.4 is 10.6 Å². The molecule has 0 aromatic heterocycles. The van der Waals surface area contributed by atoms with Crippen LogP contribution in [-0.4, -0.2) is 58.0 Å². The number of nitrogens with zero attached hydrogens (tertiary/aromatic N) is 1. The number of hydrogen-bond donors (Lipinski definition) is 5. The number of likely N-dealkylation sites (N-methyl/N-ethyl adjacent to an activating group) is 1. The highest BCUT2D eigenvalue weighted by Gasteiger charge is 2.51. The zero-order valence-corrected chi connectivity index (χ0v) is 27.9. The van der Waals surface area contributed by atoms with Crippen molar-refractivity contribution in [1.82, 2.24) is 10.2 Å². The zero-order chi connectivity index (χ0) is 33.4. The third kappa shape index (κ3) is 7.26. The Labute approximate surface area is 283 Å². The summed E-state index contributed by atoms with van der Waals surface area (Å²) in [6.07, 6.45) is 5.25. The number of urea groups is 1. The number of benzene rings is 3. The first-order valence-corrected chi connectivity index (χ1v) is 17.5. The van der Waals surface area contributed by atoms with Crippen LogP contribution in [0.1, 0.15) is 86.2 Å². The van der Waals surface area contributed by atoms with E-state index in [-0.39, 0.29) is 42.1 Å². The molecule has 0 radical (unpaired) electrons. The van der Waals surface area contributed by atoms with E-state index in [9.17, 15) is 20.1 Å². The lowest BCUT2D eigenvalue weighted by Crippen LogP contribution is -2.60. The number of anilines is 1. The van der Waals surface area contributed by atoms with Gasteiger partial charge in [-0.3, -0.25) is 0 Å². The van der Waals surface area contributed by atoms with Crippen molar-refractivity contribution in [3.05, 3.63) is 95.1 Å². The Kier molecular flexibility index (Phi) is 9.50. The van der Waals surface area contributed by atoms with Gasteiger partial charge in [0.15, 0.2) is 6.29 Å². The van der Waals surface area contributed by atoms with Crippen LogP contribution in [0.25, 0.3) is 0 Å². The molecular formula is C39H49N3O6. The van der Waals surface area contributed by atoms with E-state index in [1.54, 1.807) is 24.3 Å². The molecule has 3 aromatic carbocycles. The Balaban J connectivity index is 1.06. The normalized spacial score (nSPS) is 31.5. The van der Waals surface area contributed by atoms with Crippen molar-refractivity contribution < 1.29 is 29.6 Å². The highest BCUT2D eigenvalue weighted by atomic mass is 16.7. The first-order chi connectivity index (χ1) is 23.1. The maximum atomic E-state index is 13.4. The van der Waals surface area contributed by atoms with Gasteiger partial charge in [0.2, 0.25) is 0 Å². The molecule has 5 aliphatic rings. The summed E-state index contributed by atoms with van der Waals surface area (Å²) in [6, 6.07) is 22.1. The molecule has 9 nitrogen and oxygen atoms in total. The molecule has 1 aliphatic heterocycles. The van der Waals surface area contributed by atoms with E-state index in [0.717, 1.165) is 53.7 Å². The number of phenols is 1. The molecule has 0 unspecified atom stereocenters. The fourth-order valence-electron chi connectivity index (χ4n) is 9.27. The van der Waals surface area contributed by atoms with Crippen molar-refractivity contribution in [2.45, 2.75) is 82.2 Å². The first kappa shape index (κ1) is 33.0. The summed E-state index contributed by atoms with van der Waals surface area (Å²) in [6.45, 7) is 2.97. The average Bonchev–Trinajstić information content (AvgIpc) is 3.05. The van der Waals surface area contributed by atoms with Gasteiger partial charge in [0.1, 0.15) is 5.75 Å². The number of carbonyl (C=O) groups is 1. The van der Waals surface area contributed by atoms with Gasteiger partial charge in [0, 0.05) is 35.8 Å². The maximum absolute atomic E-state index is 13.4. The van der Waals surface area contributed by atoms with Crippen LogP contribution in [0.2, 0.25) is 0 Å². The molecule has 1 heterocycles. The lowest BCUT2D eigenvalue weighted by Gasteiger charge is -2.56. The number of aromatic hydroxyl groups is 1. The smallest absolute Gasteiger partial charge is 0.319 e. The molecular weight excluding hydrogens is 606 g/mol.